The predicted octanol–water partition coefficient (Wildman–Crippen LogP) is 5.12. The molecule has 1 atom stereocenters. The van der Waals surface area contributed by atoms with Crippen LogP contribution in [0.1, 0.15) is 27.9 Å². The third kappa shape index (κ3) is 3.62. The van der Waals surface area contributed by atoms with Gasteiger partial charge in [0.1, 0.15) is 18.2 Å². The van der Waals surface area contributed by atoms with Crippen molar-refractivity contribution in [3.8, 4) is 11.4 Å². The molecule has 0 aliphatic heterocycles. The van der Waals surface area contributed by atoms with E-state index in [4.69, 9.17) is 4.74 Å². The highest BCUT2D eigenvalue weighted by Gasteiger charge is 2.56. The van der Waals surface area contributed by atoms with Crippen LogP contribution in [0.2, 0.25) is 0 Å². The Bertz CT molecular complexity index is 1400. The number of carbonyl (C=O) groups excluding carboxylic acids is 1. The van der Waals surface area contributed by atoms with Gasteiger partial charge in [0.05, 0.1) is 17.4 Å². The van der Waals surface area contributed by atoms with Crippen molar-refractivity contribution in [1.29, 1.82) is 0 Å². The number of hydrogen-bond acceptors (Lipinski definition) is 4. The molecule has 5 rings (SSSR count). The van der Waals surface area contributed by atoms with E-state index in [1.165, 1.54) is 59.4 Å². The van der Waals surface area contributed by atoms with Crippen molar-refractivity contribution in [2.75, 3.05) is 6.61 Å². The second-order valence-electron chi connectivity index (χ2n) is 8.16. The number of aliphatic hydroxyl groups is 1. The lowest BCUT2D eigenvalue weighted by Gasteiger charge is -2.31. The zero-order valence-corrected chi connectivity index (χ0v) is 17.6. The van der Waals surface area contributed by atoms with E-state index >= 15 is 0 Å². The summed E-state index contributed by atoms with van der Waals surface area (Å²) in [5, 5.41) is 15.4. The number of ether oxygens (including phenoxy) is 1. The Morgan fingerprint density at radius 2 is 1.79 bits per heavy atom. The van der Waals surface area contributed by atoms with Crippen LogP contribution in [0.3, 0.4) is 0 Å². The fourth-order valence-electron chi connectivity index (χ4n) is 4.18. The van der Waals surface area contributed by atoms with Crippen LogP contribution in [0, 0.1) is 5.82 Å². The minimum absolute atomic E-state index is 0.0878. The number of alkyl halides is 3. The van der Waals surface area contributed by atoms with Gasteiger partial charge < -0.3 is 9.84 Å². The first-order chi connectivity index (χ1) is 16.2. The van der Waals surface area contributed by atoms with E-state index in [2.05, 4.69) is 5.10 Å². The zero-order valence-electron chi connectivity index (χ0n) is 17.6. The molecule has 5 nitrogen and oxygen atoms in total. The Morgan fingerprint density at radius 1 is 1.03 bits per heavy atom. The van der Waals surface area contributed by atoms with Crippen molar-refractivity contribution in [3.05, 3.63) is 89.4 Å². The highest BCUT2D eigenvalue weighted by molar-refractivity contribution is 6.01. The molecule has 1 N–H and O–H groups in total. The normalized spacial score (nSPS) is 15.4. The lowest BCUT2D eigenvalue weighted by Crippen LogP contribution is -2.47. The number of nitrogens with zero attached hydrogens (tertiary/aromatic N) is 2. The molecule has 4 aromatic rings. The Kier molecular flexibility index (Phi) is 5.16. The third-order valence-electron chi connectivity index (χ3n) is 6.06. The summed E-state index contributed by atoms with van der Waals surface area (Å²) in [5.74, 6) is -0.363. The summed E-state index contributed by atoms with van der Waals surface area (Å²) < 4.78 is 62.4. The van der Waals surface area contributed by atoms with Crippen LogP contribution in [-0.4, -0.2) is 33.5 Å². The molecule has 0 fully saturated rings. The van der Waals surface area contributed by atoms with Crippen LogP contribution in [0.4, 0.5) is 17.6 Å². The molecule has 0 bridgehead atoms. The van der Waals surface area contributed by atoms with Crippen LogP contribution in [0.15, 0.2) is 66.9 Å². The summed E-state index contributed by atoms with van der Waals surface area (Å²) in [6.07, 6.45) is -3.02. The molecule has 0 saturated heterocycles. The molecule has 34 heavy (non-hydrogen) atoms. The minimum Gasteiger partial charge on any atom is -0.490 e. The summed E-state index contributed by atoms with van der Waals surface area (Å²) in [6.45, 7) is -1.08. The molecule has 1 aromatic heterocycles. The lowest BCUT2D eigenvalue weighted by molar-refractivity contribution is -0.275. The number of halogens is 4. The molecule has 1 aliphatic carbocycles. The van der Waals surface area contributed by atoms with E-state index in [-0.39, 0.29) is 18.0 Å². The maximum absolute atomic E-state index is 14.1. The van der Waals surface area contributed by atoms with Crippen LogP contribution in [-0.2, 0) is 12.0 Å². The molecule has 0 saturated carbocycles. The highest BCUT2D eigenvalue weighted by Crippen LogP contribution is 2.41. The predicted molar refractivity (Wildman–Crippen MR) is 116 cm³/mol. The molecular weight excluding hydrogens is 452 g/mol. The first-order valence-corrected chi connectivity index (χ1v) is 10.5. The van der Waals surface area contributed by atoms with Gasteiger partial charge in [-0.1, -0.05) is 18.2 Å². The van der Waals surface area contributed by atoms with E-state index in [0.29, 0.717) is 34.1 Å². The van der Waals surface area contributed by atoms with Gasteiger partial charge in [0.25, 0.3) is 0 Å². The standard InChI is InChI=1S/C25H18F4N2O3/c26-17-5-7-18(8-6-17)31-21-10-4-16(12-15(21)13-30-31)24(33,25(27,28)29)14-34-23-3-1-2-19-20(23)9-11-22(19)32/h1-8,10,12-13,33H,9,11,14H2. The Labute approximate surface area is 191 Å². The van der Waals surface area contributed by atoms with Crippen LogP contribution in [0.5, 0.6) is 5.75 Å². The van der Waals surface area contributed by atoms with Gasteiger partial charge in [-0.3, -0.25) is 4.79 Å². The van der Waals surface area contributed by atoms with Gasteiger partial charge >= 0.3 is 6.18 Å². The van der Waals surface area contributed by atoms with Crippen molar-refractivity contribution in [2.45, 2.75) is 24.6 Å². The van der Waals surface area contributed by atoms with E-state index in [9.17, 15) is 27.5 Å². The smallest absolute Gasteiger partial charge is 0.424 e. The number of ketones is 1. The first-order valence-electron chi connectivity index (χ1n) is 10.5. The van der Waals surface area contributed by atoms with Crippen LogP contribution in [0.25, 0.3) is 16.6 Å². The zero-order chi connectivity index (χ0) is 24.1. The minimum atomic E-state index is -5.04. The van der Waals surface area contributed by atoms with Gasteiger partial charge in [0.2, 0.25) is 5.60 Å². The number of hydrogen-bond donors (Lipinski definition) is 1. The van der Waals surface area contributed by atoms with Gasteiger partial charge in [-0.25, -0.2) is 9.07 Å². The second kappa shape index (κ2) is 7.95. The highest BCUT2D eigenvalue weighted by atomic mass is 19.4. The fraction of sp³-hybridized carbons (Fsp3) is 0.200. The number of Topliss-reactive ketones (excluding diaryl/α,β-unsaturated/α-hetero) is 1. The molecule has 0 spiro atoms. The molecule has 1 aliphatic rings. The molecule has 3 aromatic carbocycles. The Balaban J connectivity index is 1.49. The fourth-order valence-corrected chi connectivity index (χ4v) is 4.18. The van der Waals surface area contributed by atoms with E-state index in [0.717, 1.165) is 0 Å². The van der Waals surface area contributed by atoms with Crippen molar-refractivity contribution in [3.63, 3.8) is 0 Å². The third-order valence-corrected chi connectivity index (χ3v) is 6.06. The van der Waals surface area contributed by atoms with Gasteiger partial charge in [-0.2, -0.15) is 18.3 Å². The second-order valence-corrected chi connectivity index (χ2v) is 8.16. The molecule has 1 heterocycles. The number of carbonyl (C=O) groups is 1. The number of rotatable bonds is 5. The summed E-state index contributed by atoms with van der Waals surface area (Å²) in [4.78, 5) is 11.9. The van der Waals surface area contributed by atoms with Crippen LogP contribution >= 0.6 is 0 Å². The van der Waals surface area contributed by atoms with Gasteiger partial charge in [-0.05, 0) is 54.4 Å². The summed E-state index contributed by atoms with van der Waals surface area (Å²) >= 11 is 0. The monoisotopic (exact) mass is 470 g/mol. The van der Waals surface area contributed by atoms with Crippen molar-refractivity contribution < 1.29 is 32.2 Å². The SMILES string of the molecule is O=C1CCc2c(OCC(O)(c3ccc4c(cnn4-c4ccc(F)cc4)c3)C(F)(F)F)cccc21. The average molecular weight is 470 g/mol. The molecular formula is C25H18F4N2O3. The van der Waals surface area contributed by atoms with E-state index in [1.54, 1.807) is 12.1 Å². The molecule has 0 amide bonds. The summed E-state index contributed by atoms with van der Waals surface area (Å²) in [5.41, 5.74) is -1.71. The van der Waals surface area contributed by atoms with E-state index < -0.39 is 29.8 Å². The summed E-state index contributed by atoms with van der Waals surface area (Å²) in [6, 6.07) is 13.9. The van der Waals surface area contributed by atoms with Crippen molar-refractivity contribution in [2.24, 2.45) is 0 Å². The Morgan fingerprint density at radius 3 is 2.53 bits per heavy atom. The lowest BCUT2D eigenvalue weighted by atomic mass is 9.93. The molecule has 0 radical (unpaired) electrons. The maximum Gasteiger partial charge on any atom is 0.424 e. The molecule has 9 heteroatoms. The topological polar surface area (TPSA) is 64.3 Å². The number of fused-ring (bicyclic) bond motifs is 2. The maximum atomic E-state index is 14.1. The molecule has 1 unspecified atom stereocenters. The first kappa shape index (κ1) is 22.1. The number of benzene rings is 3. The average Bonchev–Trinajstić information content (AvgIpc) is 3.41. The summed E-state index contributed by atoms with van der Waals surface area (Å²) in [7, 11) is 0. The van der Waals surface area contributed by atoms with Gasteiger partial charge in [-0.15, -0.1) is 0 Å². The Hall–Kier alpha value is -3.72. The van der Waals surface area contributed by atoms with Crippen LogP contribution < -0.4 is 4.74 Å². The van der Waals surface area contributed by atoms with Crippen molar-refractivity contribution >= 4 is 16.7 Å². The van der Waals surface area contributed by atoms with Gasteiger partial charge in [0, 0.05) is 22.9 Å². The number of aromatic nitrogens is 2. The van der Waals surface area contributed by atoms with Crippen molar-refractivity contribution in [1.82, 2.24) is 9.78 Å². The van der Waals surface area contributed by atoms with E-state index in [1.807, 2.05) is 0 Å². The largest absolute Gasteiger partial charge is 0.490 e. The molecule has 174 valence electrons. The quantitative estimate of drug-likeness (QED) is 0.411. The van der Waals surface area contributed by atoms with Gasteiger partial charge in [0.15, 0.2) is 5.78 Å².